The number of rotatable bonds is 5. The Bertz CT molecular complexity index is 610. The molecule has 0 saturated carbocycles. The van der Waals surface area contributed by atoms with Crippen molar-refractivity contribution < 1.29 is 13.9 Å². The van der Waals surface area contributed by atoms with E-state index in [0.717, 1.165) is 11.4 Å². The molecule has 106 valence electrons. The topological polar surface area (TPSA) is 63.5 Å². The Balaban J connectivity index is 2.13. The van der Waals surface area contributed by atoms with Gasteiger partial charge in [0.25, 0.3) is 0 Å². The maximum absolute atomic E-state index is 11.1. The molecule has 0 radical (unpaired) electrons. The van der Waals surface area contributed by atoms with Gasteiger partial charge < -0.3 is 19.8 Å². The lowest BCUT2D eigenvalue weighted by Crippen LogP contribution is -2.07. The zero-order valence-corrected chi connectivity index (χ0v) is 12.8. The number of methoxy groups -OCH3 is 1. The van der Waals surface area contributed by atoms with Gasteiger partial charge in [-0.25, -0.2) is 0 Å². The predicted molar refractivity (Wildman–Crippen MR) is 81.0 cm³/mol. The molecule has 6 heteroatoms. The molecular weight excluding hydrogens is 324 g/mol. The van der Waals surface area contributed by atoms with Crippen molar-refractivity contribution >= 4 is 33.2 Å². The maximum Gasteiger partial charge on any atom is 0.221 e. The number of nitrogens with one attached hydrogen (secondary N) is 2. The fourth-order valence-electron chi connectivity index (χ4n) is 1.76. The fourth-order valence-corrected chi connectivity index (χ4v) is 2.10. The first-order valence-corrected chi connectivity index (χ1v) is 6.81. The highest BCUT2D eigenvalue weighted by molar-refractivity contribution is 9.10. The van der Waals surface area contributed by atoms with Gasteiger partial charge in [0.05, 0.1) is 19.3 Å². The molecule has 1 heterocycles. The van der Waals surface area contributed by atoms with E-state index in [0.29, 0.717) is 22.7 Å². The van der Waals surface area contributed by atoms with Gasteiger partial charge in [0.1, 0.15) is 11.5 Å². The summed E-state index contributed by atoms with van der Waals surface area (Å²) in [4.78, 5) is 11.1. The Morgan fingerprint density at radius 2 is 2.15 bits per heavy atom. The summed E-state index contributed by atoms with van der Waals surface area (Å²) >= 11 is 3.26. The molecule has 2 rings (SSSR count). The molecule has 0 unspecified atom stereocenters. The quantitative estimate of drug-likeness (QED) is 0.873. The monoisotopic (exact) mass is 338 g/mol. The highest BCUT2D eigenvalue weighted by Gasteiger charge is 2.06. The lowest BCUT2D eigenvalue weighted by atomic mass is 10.2. The normalized spacial score (nSPS) is 10.2. The first-order chi connectivity index (χ1) is 9.58. The third-order valence-electron chi connectivity index (χ3n) is 2.60. The lowest BCUT2D eigenvalue weighted by Gasteiger charge is -2.12. The smallest absolute Gasteiger partial charge is 0.221 e. The zero-order valence-electron chi connectivity index (χ0n) is 11.2. The maximum atomic E-state index is 11.1. The van der Waals surface area contributed by atoms with E-state index in [4.69, 9.17) is 9.15 Å². The standard InChI is InChI=1S/C14H15BrN2O3/c1-9(18)17-10-3-5-13(19-2)12(7-10)16-8-11-4-6-14(15)20-11/h3-7,16H,8H2,1-2H3,(H,17,18). The number of hydrogen-bond acceptors (Lipinski definition) is 4. The van der Waals surface area contributed by atoms with Crippen molar-refractivity contribution in [1.82, 2.24) is 0 Å². The molecule has 0 aliphatic rings. The molecule has 2 aromatic rings. The highest BCUT2D eigenvalue weighted by Crippen LogP contribution is 2.28. The van der Waals surface area contributed by atoms with Crippen LogP contribution in [0, 0.1) is 0 Å². The van der Waals surface area contributed by atoms with Crippen LogP contribution in [0.15, 0.2) is 39.4 Å². The summed E-state index contributed by atoms with van der Waals surface area (Å²) in [5.74, 6) is 1.38. The van der Waals surface area contributed by atoms with Crippen LogP contribution in [0.2, 0.25) is 0 Å². The fraction of sp³-hybridized carbons (Fsp3) is 0.214. The molecular formula is C14H15BrN2O3. The third kappa shape index (κ3) is 3.77. The molecule has 0 spiro atoms. The molecule has 0 aliphatic carbocycles. The van der Waals surface area contributed by atoms with E-state index < -0.39 is 0 Å². The predicted octanol–water partition coefficient (Wildman–Crippen LogP) is 3.62. The minimum Gasteiger partial charge on any atom is -0.495 e. The number of amides is 1. The molecule has 2 N–H and O–H groups in total. The second kappa shape index (κ2) is 6.47. The van der Waals surface area contributed by atoms with Crippen LogP contribution in [-0.2, 0) is 11.3 Å². The van der Waals surface area contributed by atoms with Gasteiger partial charge in [0.2, 0.25) is 5.91 Å². The minimum atomic E-state index is -0.115. The van der Waals surface area contributed by atoms with Crippen LogP contribution in [0.1, 0.15) is 12.7 Å². The van der Waals surface area contributed by atoms with Crippen LogP contribution in [0.4, 0.5) is 11.4 Å². The molecule has 0 fully saturated rings. The number of carbonyl (C=O) groups is 1. The number of ether oxygens (including phenoxy) is 1. The summed E-state index contributed by atoms with van der Waals surface area (Å²) in [7, 11) is 1.60. The largest absolute Gasteiger partial charge is 0.495 e. The molecule has 0 saturated heterocycles. The van der Waals surface area contributed by atoms with E-state index in [9.17, 15) is 4.79 Å². The molecule has 1 aromatic heterocycles. The Hall–Kier alpha value is -1.95. The molecule has 20 heavy (non-hydrogen) atoms. The Labute approximate surface area is 125 Å². The van der Waals surface area contributed by atoms with Crippen molar-refractivity contribution in [3.8, 4) is 5.75 Å². The number of carbonyl (C=O) groups excluding carboxylic acids is 1. The van der Waals surface area contributed by atoms with E-state index in [1.54, 1.807) is 19.2 Å². The highest BCUT2D eigenvalue weighted by atomic mass is 79.9. The summed E-state index contributed by atoms with van der Waals surface area (Å²) < 4.78 is 11.4. The van der Waals surface area contributed by atoms with E-state index in [1.165, 1.54) is 6.92 Å². The van der Waals surface area contributed by atoms with Crippen molar-refractivity contribution in [1.29, 1.82) is 0 Å². The summed E-state index contributed by atoms with van der Waals surface area (Å²) in [6.45, 7) is 1.99. The third-order valence-corrected chi connectivity index (χ3v) is 3.03. The van der Waals surface area contributed by atoms with Crippen LogP contribution >= 0.6 is 15.9 Å². The zero-order chi connectivity index (χ0) is 14.5. The SMILES string of the molecule is COc1ccc(NC(C)=O)cc1NCc1ccc(Br)o1. The van der Waals surface area contributed by atoms with E-state index in [1.807, 2.05) is 18.2 Å². The molecule has 1 amide bonds. The molecule has 0 aliphatic heterocycles. The van der Waals surface area contributed by atoms with Crippen LogP contribution in [0.5, 0.6) is 5.75 Å². The van der Waals surface area contributed by atoms with Gasteiger partial charge >= 0.3 is 0 Å². The van der Waals surface area contributed by atoms with Gasteiger partial charge in [-0.15, -0.1) is 0 Å². The number of benzene rings is 1. The second-order valence-corrected chi connectivity index (χ2v) is 4.94. The van der Waals surface area contributed by atoms with Gasteiger partial charge in [-0.1, -0.05) is 0 Å². The Kier molecular flexibility index (Phi) is 4.68. The van der Waals surface area contributed by atoms with Gasteiger partial charge in [0, 0.05) is 12.6 Å². The van der Waals surface area contributed by atoms with Crippen molar-refractivity contribution in [3.63, 3.8) is 0 Å². The van der Waals surface area contributed by atoms with Gasteiger partial charge in [0.15, 0.2) is 4.67 Å². The van der Waals surface area contributed by atoms with E-state index in [2.05, 4.69) is 26.6 Å². The average Bonchev–Trinajstić information content (AvgIpc) is 2.82. The molecule has 0 atom stereocenters. The summed E-state index contributed by atoms with van der Waals surface area (Å²) in [6.07, 6.45) is 0. The number of anilines is 2. The van der Waals surface area contributed by atoms with Gasteiger partial charge in [-0.2, -0.15) is 0 Å². The van der Waals surface area contributed by atoms with Crippen LogP contribution in [0.3, 0.4) is 0 Å². The summed E-state index contributed by atoms with van der Waals surface area (Å²) in [5, 5.41) is 5.95. The van der Waals surface area contributed by atoms with Crippen molar-refractivity contribution in [3.05, 3.63) is 40.8 Å². The first kappa shape index (κ1) is 14.5. The molecule has 0 bridgehead atoms. The van der Waals surface area contributed by atoms with Crippen molar-refractivity contribution in [2.75, 3.05) is 17.7 Å². The van der Waals surface area contributed by atoms with Crippen LogP contribution < -0.4 is 15.4 Å². The summed E-state index contributed by atoms with van der Waals surface area (Å²) in [6, 6.07) is 9.11. The average molecular weight is 339 g/mol. The van der Waals surface area contributed by atoms with E-state index in [-0.39, 0.29) is 5.91 Å². The van der Waals surface area contributed by atoms with Gasteiger partial charge in [-0.05, 0) is 46.3 Å². The molecule has 1 aromatic carbocycles. The molecule has 5 nitrogen and oxygen atoms in total. The number of hydrogen-bond donors (Lipinski definition) is 2. The minimum absolute atomic E-state index is 0.115. The van der Waals surface area contributed by atoms with Crippen LogP contribution in [0.25, 0.3) is 0 Å². The Morgan fingerprint density at radius 3 is 2.75 bits per heavy atom. The van der Waals surface area contributed by atoms with Gasteiger partial charge in [-0.3, -0.25) is 4.79 Å². The van der Waals surface area contributed by atoms with E-state index >= 15 is 0 Å². The van der Waals surface area contributed by atoms with Crippen molar-refractivity contribution in [2.24, 2.45) is 0 Å². The second-order valence-electron chi connectivity index (χ2n) is 4.16. The van der Waals surface area contributed by atoms with Crippen molar-refractivity contribution in [2.45, 2.75) is 13.5 Å². The van der Waals surface area contributed by atoms with Crippen LogP contribution in [-0.4, -0.2) is 13.0 Å². The summed E-state index contributed by atoms with van der Waals surface area (Å²) in [5.41, 5.74) is 1.49. The Morgan fingerprint density at radius 1 is 1.35 bits per heavy atom. The number of halogens is 1. The first-order valence-electron chi connectivity index (χ1n) is 6.02. The number of furan rings is 1. The lowest BCUT2D eigenvalue weighted by molar-refractivity contribution is -0.114.